The molecule has 4 heteroatoms. The zero-order valence-electron chi connectivity index (χ0n) is 8.67. The molecule has 0 N–H and O–H groups in total. The number of benzene rings is 1. The lowest BCUT2D eigenvalue weighted by Crippen LogP contribution is -2.14. The number of carbonyl (C=O) groups excluding carboxylic acids is 1. The van der Waals surface area contributed by atoms with Gasteiger partial charge in [0.1, 0.15) is 18.1 Å². The van der Waals surface area contributed by atoms with Gasteiger partial charge in [-0.25, -0.2) is 0 Å². The second-order valence-electron chi connectivity index (χ2n) is 4.01. The highest BCUT2D eigenvalue weighted by molar-refractivity contribution is 7.99. The van der Waals surface area contributed by atoms with Crippen molar-refractivity contribution in [1.82, 2.24) is 0 Å². The van der Waals surface area contributed by atoms with Crippen molar-refractivity contribution < 1.29 is 14.3 Å². The van der Waals surface area contributed by atoms with Crippen LogP contribution >= 0.6 is 11.8 Å². The highest BCUT2D eigenvalue weighted by Crippen LogP contribution is 2.39. The number of thioether (sulfide) groups is 1. The van der Waals surface area contributed by atoms with Crippen LogP contribution in [0.4, 0.5) is 0 Å². The summed E-state index contributed by atoms with van der Waals surface area (Å²) in [4.78, 5) is 12.5. The van der Waals surface area contributed by atoms with Crippen LogP contribution in [0.25, 0.3) is 0 Å². The molecule has 0 radical (unpaired) electrons. The third-order valence-corrected chi connectivity index (χ3v) is 4.04. The van der Waals surface area contributed by atoms with Gasteiger partial charge in [0.05, 0.1) is 5.92 Å². The zero-order valence-corrected chi connectivity index (χ0v) is 9.48. The summed E-state index contributed by atoms with van der Waals surface area (Å²) in [6.45, 7) is 0.426. The van der Waals surface area contributed by atoms with Gasteiger partial charge in [-0.2, -0.15) is 0 Å². The zero-order chi connectivity index (χ0) is 11.0. The molecule has 0 bridgehead atoms. The summed E-state index contributed by atoms with van der Waals surface area (Å²) in [5.41, 5.74) is 0.0882. The van der Waals surface area contributed by atoms with Crippen molar-refractivity contribution in [3.63, 3.8) is 0 Å². The molecule has 0 aliphatic carbocycles. The molecule has 2 fully saturated rings. The molecule has 2 aliphatic rings. The van der Waals surface area contributed by atoms with Crippen LogP contribution in [0.1, 0.15) is 6.42 Å². The predicted molar refractivity (Wildman–Crippen MR) is 60.0 cm³/mol. The first-order chi connectivity index (χ1) is 7.83. The van der Waals surface area contributed by atoms with Crippen molar-refractivity contribution in [1.29, 1.82) is 0 Å². The standard InChI is InChI=1S/C12H12O3S/c13-12-9-6-11(15-10(9)7-14-12)16-8-4-2-1-3-5-8/h1-5,9-11H,6-7H2/t9-,10-,11-/m1/s1. The normalized spacial score (nSPS) is 32.5. The van der Waals surface area contributed by atoms with Gasteiger partial charge in [0.25, 0.3) is 0 Å². The summed E-state index contributed by atoms with van der Waals surface area (Å²) in [6, 6.07) is 10.1. The quantitative estimate of drug-likeness (QED) is 0.736. The van der Waals surface area contributed by atoms with Crippen LogP contribution < -0.4 is 0 Å². The predicted octanol–water partition coefficient (Wildman–Crippen LogP) is 2.07. The summed E-state index contributed by atoms with van der Waals surface area (Å²) in [5.74, 6) is -0.137. The molecule has 16 heavy (non-hydrogen) atoms. The fourth-order valence-corrected chi connectivity index (χ4v) is 3.23. The lowest BCUT2D eigenvalue weighted by Gasteiger charge is -2.11. The van der Waals surface area contributed by atoms with Crippen LogP contribution in [-0.2, 0) is 14.3 Å². The van der Waals surface area contributed by atoms with Crippen LogP contribution in [0.15, 0.2) is 35.2 Å². The molecule has 3 atom stereocenters. The Morgan fingerprint density at radius 3 is 2.81 bits per heavy atom. The highest BCUT2D eigenvalue weighted by atomic mass is 32.2. The van der Waals surface area contributed by atoms with Gasteiger partial charge in [-0.05, 0) is 18.6 Å². The maximum Gasteiger partial charge on any atom is 0.311 e. The molecular formula is C12H12O3S. The molecule has 3 rings (SSSR count). The van der Waals surface area contributed by atoms with E-state index in [1.807, 2.05) is 18.2 Å². The lowest BCUT2D eigenvalue weighted by atomic mass is 10.1. The molecule has 2 heterocycles. The topological polar surface area (TPSA) is 35.5 Å². The van der Waals surface area contributed by atoms with Gasteiger partial charge in [0.15, 0.2) is 0 Å². The van der Waals surface area contributed by atoms with Crippen LogP contribution in [0.2, 0.25) is 0 Å². The summed E-state index contributed by atoms with van der Waals surface area (Å²) < 4.78 is 10.7. The summed E-state index contributed by atoms with van der Waals surface area (Å²) >= 11 is 1.68. The van der Waals surface area contributed by atoms with Crippen LogP contribution in [0, 0.1) is 5.92 Å². The Hall–Kier alpha value is -1.00. The number of fused-ring (bicyclic) bond motifs is 1. The Morgan fingerprint density at radius 2 is 2.06 bits per heavy atom. The molecule has 3 nitrogen and oxygen atoms in total. The van der Waals surface area contributed by atoms with Gasteiger partial charge < -0.3 is 9.47 Å². The molecule has 0 amide bonds. The summed E-state index contributed by atoms with van der Waals surface area (Å²) in [5, 5.41) is 0. The Morgan fingerprint density at radius 1 is 1.25 bits per heavy atom. The van der Waals surface area contributed by atoms with Gasteiger partial charge in [-0.1, -0.05) is 30.0 Å². The number of ether oxygens (including phenoxy) is 2. The Bertz CT molecular complexity index is 393. The second-order valence-corrected chi connectivity index (χ2v) is 5.24. The van der Waals surface area contributed by atoms with E-state index in [2.05, 4.69) is 12.1 Å². The Kier molecular flexibility index (Phi) is 2.61. The molecular weight excluding hydrogens is 224 g/mol. The van der Waals surface area contributed by atoms with E-state index in [0.717, 1.165) is 6.42 Å². The first kappa shape index (κ1) is 10.2. The molecule has 0 saturated carbocycles. The Labute approximate surface area is 98.1 Å². The van der Waals surface area contributed by atoms with Gasteiger partial charge in [0.2, 0.25) is 0 Å². The smallest absolute Gasteiger partial charge is 0.311 e. The Balaban J connectivity index is 1.65. The number of esters is 1. The van der Waals surface area contributed by atoms with E-state index in [1.165, 1.54) is 4.90 Å². The van der Waals surface area contributed by atoms with Gasteiger partial charge in [-0.3, -0.25) is 4.79 Å². The molecule has 0 unspecified atom stereocenters. The summed E-state index contributed by atoms with van der Waals surface area (Å²) in [6.07, 6.45) is 0.747. The van der Waals surface area contributed by atoms with E-state index in [9.17, 15) is 4.79 Å². The number of carbonyl (C=O) groups is 1. The van der Waals surface area contributed by atoms with Crippen LogP contribution in [0.3, 0.4) is 0 Å². The van der Waals surface area contributed by atoms with E-state index in [-0.39, 0.29) is 23.4 Å². The second kappa shape index (κ2) is 4.11. The first-order valence-corrected chi connectivity index (χ1v) is 6.25. The van der Waals surface area contributed by atoms with Crippen molar-refractivity contribution in [3.05, 3.63) is 30.3 Å². The molecule has 2 aliphatic heterocycles. The van der Waals surface area contributed by atoms with Crippen molar-refractivity contribution in [2.24, 2.45) is 5.92 Å². The molecule has 0 spiro atoms. The fourth-order valence-electron chi connectivity index (χ4n) is 2.11. The molecule has 1 aromatic rings. The molecule has 2 saturated heterocycles. The monoisotopic (exact) mass is 236 g/mol. The number of hydrogen-bond donors (Lipinski definition) is 0. The van der Waals surface area contributed by atoms with Crippen molar-refractivity contribution in [2.75, 3.05) is 6.61 Å². The summed E-state index contributed by atoms with van der Waals surface area (Å²) in [7, 11) is 0. The van der Waals surface area contributed by atoms with E-state index in [0.29, 0.717) is 6.61 Å². The minimum absolute atomic E-state index is 0.0197. The van der Waals surface area contributed by atoms with Crippen LogP contribution in [-0.4, -0.2) is 24.1 Å². The largest absolute Gasteiger partial charge is 0.463 e. The number of hydrogen-bond acceptors (Lipinski definition) is 4. The maximum atomic E-state index is 11.3. The van der Waals surface area contributed by atoms with E-state index in [4.69, 9.17) is 9.47 Å². The van der Waals surface area contributed by atoms with Gasteiger partial charge in [-0.15, -0.1) is 0 Å². The van der Waals surface area contributed by atoms with Gasteiger partial charge in [0, 0.05) is 4.90 Å². The minimum Gasteiger partial charge on any atom is -0.463 e. The minimum atomic E-state index is -0.0961. The molecule has 1 aromatic carbocycles. The van der Waals surface area contributed by atoms with Gasteiger partial charge >= 0.3 is 5.97 Å². The average molecular weight is 236 g/mol. The van der Waals surface area contributed by atoms with E-state index < -0.39 is 0 Å². The van der Waals surface area contributed by atoms with E-state index >= 15 is 0 Å². The molecule has 84 valence electrons. The van der Waals surface area contributed by atoms with Crippen molar-refractivity contribution >= 4 is 17.7 Å². The number of rotatable bonds is 2. The SMILES string of the molecule is O=C1OC[C@H]2O[C@H](Sc3ccccc3)C[C@@H]12. The third kappa shape index (κ3) is 1.83. The molecule has 0 aromatic heterocycles. The number of cyclic esters (lactones) is 1. The maximum absolute atomic E-state index is 11.3. The van der Waals surface area contributed by atoms with Crippen molar-refractivity contribution in [3.8, 4) is 0 Å². The van der Waals surface area contributed by atoms with Crippen LogP contribution in [0.5, 0.6) is 0 Å². The fraction of sp³-hybridized carbons (Fsp3) is 0.417. The third-order valence-electron chi connectivity index (χ3n) is 2.93. The van der Waals surface area contributed by atoms with E-state index in [1.54, 1.807) is 11.8 Å². The first-order valence-electron chi connectivity index (χ1n) is 5.37. The van der Waals surface area contributed by atoms with Crippen molar-refractivity contribution in [2.45, 2.75) is 22.9 Å². The average Bonchev–Trinajstić information content (AvgIpc) is 2.83. The highest BCUT2D eigenvalue weighted by Gasteiger charge is 2.46. The lowest BCUT2D eigenvalue weighted by molar-refractivity contribution is -0.141.